The van der Waals surface area contributed by atoms with E-state index in [0.29, 0.717) is 5.69 Å². The van der Waals surface area contributed by atoms with Gasteiger partial charge in [0.2, 0.25) is 0 Å². The second kappa shape index (κ2) is 6.21. The van der Waals surface area contributed by atoms with Gasteiger partial charge in [-0.15, -0.1) is 0 Å². The minimum atomic E-state index is -0.472. The third-order valence-electron chi connectivity index (χ3n) is 2.91. The normalized spacial score (nSPS) is 13.9. The Morgan fingerprint density at radius 1 is 1.42 bits per heavy atom. The largest absolute Gasteiger partial charge is 0.384 e. The summed E-state index contributed by atoms with van der Waals surface area (Å²) in [4.78, 5) is 13.6. The monoisotopic (exact) mass is 262 g/mol. The first-order chi connectivity index (χ1) is 9.20. The van der Waals surface area contributed by atoms with Crippen LogP contribution in [0.15, 0.2) is 18.2 Å². The summed E-state index contributed by atoms with van der Waals surface area (Å²) in [7, 11) is 0. The number of hydrogen-bond acceptors (Lipinski definition) is 2. The van der Waals surface area contributed by atoms with E-state index in [1.807, 2.05) is 0 Å². The van der Waals surface area contributed by atoms with Crippen LogP contribution in [0.3, 0.4) is 0 Å². The first-order valence-electron chi connectivity index (χ1n) is 6.16. The minimum absolute atomic E-state index is 0.160. The van der Waals surface area contributed by atoms with Gasteiger partial charge in [-0.1, -0.05) is 11.8 Å². The molecule has 5 heteroatoms. The fourth-order valence-corrected chi connectivity index (χ4v) is 1.96. The lowest BCUT2D eigenvalue weighted by atomic mass is 10.2. The number of urea groups is 1. The van der Waals surface area contributed by atoms with Crippen molar-refractivity contribution in [1.82, 2.24) is 4.90 Å². The van der Waals surface area contributed by atoms with E-state index >= 15 is 0 Å². The van der Waals surface area contributed by atoms with Crippen molar-refractivity contribution >= 4 is 11.7 Å². The predicted octanol–water partition coefficient (Wildman–Crippen LogP) is 1.80. The first kappa shape index (κ1) is 13.4. The molecule has 1 heterocycles. The molecule has 1 aromatic carbocycles. The number of aliphatic hydroxyl groups is 1. The molecule has 1 saturated heterocycles. The molecule has 0 saturated carbocycles. The highest BCUT2D eigenvalue weighted by Gasteiger charge is 2.17. The Bertz CT molecular complexity index is 528. The molecule has 2 rings (SSSR count). The molecule has 4 nitrogen and oxygen atoms in total. The molecule has 2 N–H and O–H groups in total. The topological polar surface area (TPSA) is 52.6 Å². The fraction of sp³-hybridized carbons (Fsp3) is 0.357. The Kier molecular flexibility index (Phi) is 4.37. The molecule has 1 aliphatic rings. The summed E-state index contributed by atoms with van der Waals surface area (Å²) < 4.78 is 13.4. The summed E-state index contributed by atoms with van der Waals surface area (Å²) in [5.74, 6) is 4.42. The van der Waals surface area contributed by atoms with Gasteiger partial charge in [0.05, 0.1) is 5.56 Å². The van der Waals surface area contributed by atoms with Crippen LogP contribution < -0.4 is 5.32 Å². The lowest BCUT2D eigenvalue weighted by Gasteiger charge is -2.16. The summed E-state index contributed by atoms with van der Waals surface area (Å²) in [5, 5.41) is 11.3. The Morgan fingerprint density at radius 2 is 2.16 bits per heavy atom. The number of halogens is 1. The smallest absolute Gasteiger partial charge is 0.321 e. The minimum Gasteiger partial charge on any atom is -0.384 e. The Labute approximate surface area is 111 Å². The summed E-state index contributed by atoms with van der Waals surface area (Å²) in [5.41, 5.74) is 0.661. The van der Waals surface area contributed by atoms with Crippen molar-refractivity contribution in [2.24, 2.45) is 0 Å². The van der Waals surface area contributed by atoms with Crippen molar-refractivity contribution in [3.8, 4) is 11.8 Å². The average Bonchev–Trinajstić information content (AvgIpc) is 2.93. The van der Waals surface area contributed by atoms with Crippen LogP contribution in [0.2, 0.25) is 0 Å². The molecule has 19 heavy (non-hydrogen) atoms. The lowest BCUT2D eigenvalue weighted by Crippen LogP contribution is -2.32. The van der Waals surface area contributed by atoms with Crippen molar-refractivity contribution in [2.45, 2.75) is 12.8 Å². The maximum absolute atomic E-state index is 13.4. The molecular formula is C14H15FN2O2. The molecule has 0 unspecified atom stereocenters. The number of aliphatic hydroxyl groups excluding tert-OH is 1. The van der Waals surface area contributed by atoms with E-state index in [-0.39, 0.29) is 18.2 Å². The molecule has 0 aromatic heterocycles. The molecule has 0 aliphatic carbocycles. The highest BCUT2D eigenvalue weighted by atomic mass is 19.1. The third kappa shape index (κ3) is 3.46. The molecule has 2 amide bonds. The van der Waals surface area contributed by atoms with E-state index in [1.54, 1.807) is 4.90 Å². The molecule has 100 valence electrons. The van der Waals surface area contributed by atoms with Crippen LogP contribution in [0.1, 0.15) is 18.4 Å². The maximum atomic E-state index is 13.4. The number of nitrogens with zero attached hydrogens (tertiary/aromatic N) is 1. The Balaban J connectivity index is 2.10. The van der Waals surface area contributed by atoms with E-state index in [4.69, 9.17) is 5.11 Å². The molecule has 1 aromatic rings. The third-order valence-corrected chi connectivity index (χ3v) is 2.91. The number of carbonyl (C=O) groups excluding carboxylic acids is 1. The molecule has 1 aliphatic heterocycles. The van der Waals surface area contributed by atoms with Gasteiger partial charge in [0.15, 0.2) is 0 Å². The van der Waals surface area contributed by atoms with Gasteiger partial charge in [-0.05, 0) is 31.0 Å². The summed E-state index contributed by atoms with van der Waals surface area (Å²) in [6.45, 7) is 1.18. The van der Waals surface area contributed by atoms with Crippen LogP contribution >= 0.6 is 0 Å². The standard InChI is InChI=1S/C14H15FN2O2/c15-13-6-5-12(10-11(13)4-3-9-18)16-14(19)17-7-1-2-8-17/h5-6,10,18H,1-2,7-9H2,(H,16,19). The quantitative estimate of drug-likeness (QED) is 0.758. The van der Waals surface area contributed by atoms with Gasteiger partial charge in [0, 0.05) is 18.8 Å². The number of likely N-dealkylation sites (tertiary alicyclic amines) is 1. The molecule has 0 bridgehead atoms. The zero-order valence-electron chi connectivity index (χ0n) is 10.4. The van der Waals surface area contributed by atoms with E-state index in [9.17, 15) is 9.18 Å². The van der Waals surface area contributed by atoms with Gasteiger partial charge in [-0.2, -0.15) is 0 Å². The molecule has 1 fully saturated rings. The second-order valence-corrected chi connectivity index (χ2v) is 4.28. The van der Waals surface area contributed by atoms with Gasteiger partial charge in [-0.3, -0.25) is 0 Å². The van der Waals surface area contributed by atoms with Crippen LogP contribution in [0, 0.1) is 17.7 Å². The van der Waals surface area contributed by atoms with Crippen molar-refractivity contribution in [3.63, 3.8) is 0 Å². The number of hydrogen-bond donors (Lipinski definition) is 2. The molecule has 0 radical (unpaired) electrons. The van der Waals surface area contributed by atoms with Crippen LogP contribution in [0.4, 0.5) is 14.9 Å². The van der Waals surface area contributed by atoms with Crippen molar-refractivity contribution in [1.29, 1.82) is 0 Å². The summed E-state index contributed by atoms with van der Waals surface area (Å²) >= 11 is 0. The SMILES string of the molecule is O=C(Nc1ccc(F)c(C#CCO)c1)N1CCCC1. The Morgan fingerprint density at radius 3 is 2.84 bits per heavy atom. The van der Waals surface area contributed by atoms with Crippen LogP contribution in [0.25, 0.3) is 0 Å². The van der Waals surface area contributed by atoms with Crippen molar-refractivity contribution in [2.75, 3.05) is 25.0 Å². The molecule has 0 spiro atoms. The highest BCUT2D eigenvalue weighted by molar-refractivity contribution is 5.89. The fourth-order valence-electron chi connectivity index (χ4n) is 1.96. The van der Waals surface area contributed by atoms with Crippen molar-refractivity contribution < 1.29 is 14.3 Å². The number of rotatable bonds is 1. The van der Waals surface area contributed by atoms with Gasteiger partial charge in [0.1, 0.15) is 12.4 Å². The van der Waals surface area contributed by atoms with Gasteiger partial charge >= 0.3 is 6.03 Å². The molecular weight excluding hydrogens is 247 g/mol. The predicted molar refractivity (Wildman–Crippen MR) is 70.2 cm³/mol. The number of amides is 2. The van der Waals surface area contributed by atoms with Crippen molar-refractivity contribution in [3.05, 3.63) is 29.6 Å². The average molecular weight is 262 g/mol. The zero-order chi connectivity index (χ0) is 13.7. The maximum Gasteiger partial charge on any atom is 0.321 e. The van der Waals surface area contributed by atoms with E-state index < -0.39 is 5.82 Å². The van der Waals surface area contributed by atoms with E-state index in [1.165, 1.54) is 18.2 Å². The number of carbonyl (C=O) groups is 1. The summed E-state index contributed by atoms with van der Waals surface area (Å²) in [6.07, 6.45) is 2.04. The van der Waals surface area contributed by atoms with Crippen LogP contribution in [-0.2, 0) is 0 Å². The summed E-state index contributed by atoms with van der Waals surface area (Å²) in [6, 6.07) is 4.03. The lowest BCUT2D eigenvalue weighted by molar-refractivity contribution is 0.222. The van der Waals surface area contributed by atoms with Gasteiger partial charge in [0.25, 0.3) is 0 Å². The van der Waals surface area contributed by atoms with Crippen LogP contribution in [0.5, 0.6) is 0 Å². The number of benzene rings is 1. The Hall–Kier alpha value is -2.06. The zero-order valence-corrected chi connectivity index (χ0v) is 10.4. The first-order valence-corrected chi connectivity index (χ1v) is 6.16. The van der Waals surface area contributed by atoms with Crippen LogP contribution in [-0.4, -0.2) is 35.7 Å². The number of nitrogens with one attached hydrogen (secondary N) is 1. The van der Waals surface area contributed by atoms with E-state index in [2.05, 4.69) is 17.2 Å². The highest BCUT2D eigenvalue weighted by Crippen LogP contribution is 2.16. The second-order valence-electron chi connectivity index (χ2n) is 4.28. The van der Waals surface area contributed by atoms with Gasteiger partial charge < -0.3 is 15.3 Å². The van der Waals surface area contributed by atoms with E-state index in [0.717, 1.165) is 25.9 Å². The molecule has 0 atom stereocenters. The number of anilines is 1. The van der Waals surface area contributed by atoms with Gasteiger partial charge in [-0.25, -0.2) is 9.18 Å².